The number of benzene rings is 2. The molecule has 0 aliphatic heterocycles. The predicted molar refractivity (Wildman–Crippen MR) is 105 cm³/mol. The summed E-state index contributed by atoms with van der Waals surface area (Å²) in [5, 5.41) is 5.37. The lowest BCUT2D eigenvalue weighted by Gasteiger charge is -2.10. The van der Waals surface area contributed by atoms with Gasteiger partial charge in [0.05, 0.1) is 10.6 Å². The molecule has 2 aromatic rings. The van der Waals surface area contributed by atoms with E-state index < -0.39 is 10.0 Å². The SMILES string of the molecule is CCCCNC(=O)c1ccc(S(=O)(=O)Nc2cccc(NC(C)=O)c2)cc1. The van der Waals surface area contributed by atoms with Crippen molar-refractivity contribution in [1.82, 2.24) is 5.32 Å². The molecule has 7 nitrogen and oxygen atoms in total. The molecule has 0 heterocycles. The van der Waals surface area contributed by atoms with Crippen molar-refractivity contribution in [2.45, 2.75) is 31.6 Å². The quantitative estimate of drug-likeness (QED) is 0.604. The third-order valence-electron chi connectivity index (χ3n) is 3.68. The number of hydrogen-bond acceptors (Lipinski definition) is 4. The summed E-state index contributed by atoms with van der Waals surface area (Å²) in [7, 11) is -3.82. The van der Waals surface area contributed by atoms with Crippen LogP contribution in [0.25, 0.3) is 0 Å². The average molecular weight is 389 g/mol. The van der Waals surface area contributed by atoms with Crippen LogP contribution in [0.3, 0.4) is 0 Å². The van der Waals surface area contributed by atoms with E-state index in [-0.39, 0.29) is 16.7 Å². The number of carbonyl (C=O) groups excluding carboxylic acids is 2. The molecule has 8 heteroatoms. The molecule has 0 radical (unpaired) electrons. The minimum absolute atomic E-state index is 0.0394. The maximum absolute atomic E-state index is 12.5. The molecule has 0 bridgehead atoms. The van der Waals surface area contributed by atoms with Crippen LogP contribution in [0.1, 0.15) is 37.0 Å². The predicted octanol–water partition coefficient (Wildman–Crippen LogP) is 2.98. The molecule has 0 spiro atoms. The molecule has 0 aromatic heterocycles. The first kappa shape index (κ1) is 20.4. The monoisotopic (exact) mass is 389 g/mol. The van der Waals surface area contributed by atoms with Crippen molar-refractivity contribution in [2.24, 2.45) is 0 Å². The minimum Gasteiger partial charge on any atom is -0.352 e. The summed E-state index contributed by atoms with van der Waals surface area (Å²) in [6.07, 6.45) is 1.87. The second-order valence-electron chi connectivity index (χ2n) is 6.00. The van der Waals surface area contributed by atoms with Gasteiger partial charge in [-0.15, -0.1) is 0 Å². The highest BCUT2D eigenvalue weighted by molar-refractivity contribution is 7.92. The lowest BCUT2D eigenvalue weighted by Crippen LogP contribution is -2.24. The fraction of sp³-hybridized carbons (Fsp3) is 0.263. The van der Waals surface area contributed by atoms with E-state index in [0.29, 0.717) is 23.5 Å². The fourth-order valence-corrected chi connectivity index (χ4v) is 3.39. The van der Waals surface area contributed by atoms with Gasteiger partial charge in [0.1, 0.15) is 0 Å². The van der Waals surface area contributed by atoms with Gasteiger partial charge in [-0.1, -0.05) is 19.4 Å². The minimum atomic E-state index is -3.82. The molecular weight excluding hydrogens is 366 g/mol. The van der Waals surface area contributed by atoms with Crippen LogP contribution >= 0.6 is 0 Å². The van der Waals surface area contributed by atoms with Crippen molar-refractivity contribution in [3.8, 4) is 0 Å². The number of carbonyl (C=O) groups is 2. The molecule has 27 heavy (non-hydrogen) atoms. The zero-order valence-corrected chi connectivity index (χ0v) is 16.1. The van der Waals surface area contributed by atoms with Crippen LogP contribution in [-0.2, 0) is 14.8 Å². The number of nitrogens with one attached hydrogen (secondary N) is 3. The third kappa shape index (κ3) is 6.10. The van der Waals surface area contributed by atoms with Gasteiger partial charge in [0.15, 0.2) is 0 Å². The summed E-state index contributed by atoms with van der Waals surface area (Å²) >= 11 is 0. The van der Waals surface area contributed by atoms with Crippen LogP contribution in [0.4, 0.5) is 11.4 Å². The molecule has 0 saturated carbocycles. The maximum atomic E-state index is 12.5. The summed E-state index contributed by atoms with van der Waals surface area (Å²) in [4.78, 5) is 23.1. The van der Waals surface area contributed by atoms with Gasteiger partial charge in [0, 0.05) is 24.7 Å². The zero-order chi connectivity index (χ0) is 19.9. The average Bonchev–Trinajstić information content (AvgIpc) is 2.61. The Balaban J connectivity index is 2.10. The van der Waals surface area contributed by atoms with Crippen molar-refractivity contribution >= 4 is 33.2 Å². The molecule has 2 aromatic carbocycles. The van der Waals surface area contributed by atoms with E-state index in [1.54, 1.807) is 18.2 Å². The Kier molecular flexibility index (Phi) is 6.95. The summed E-state index contributed by atoms with van der Waals surface area (Å²) in [6.45, 7) is 3.99. The standard InChI is InChI=1S/C19H23N3O4S/c1-3-4-12-20-19(24)15-8-10-18(11-9-15)27(25,26)22-17-7-5-6-16(13-17)21-14(2)23/h5-11,13,22H,3-4,12H2,1-2H3,(H,20,24)(H,21,23). The first-order valence-corrected chi connectivity index (χ1v) is 10.1. The second-order valence-corrected chi connectivity index (χ2v) is 7.68. The lowest BCUT2D eigenvalue weighted by molar-refractivity contribution is -0.114. The van der Waals surface area contributed by atoms with Crippen LogP contribution in [0.5, 0.6) is 0 Å². The smallest absolute Gasteiger partial charge is 0.261 e. The van der Waals surface area contributed by atoms with Crippen LogP contribution in [0.15, 0.2) is 53.4 Å². The van der Waals surface area contributed by atoms with Gasteiger partial charge in [-0.3, -0.25) is 14.3 Å². The van der Waals surface area contributed by atoms with Crippen LogP contribution in [-0.4, -0.2) is 26.8 Å². The largest absolute Gasteiger partial charge is 0.352 e. The number of amides is 2. The Labute approximate surface area is 159 Å². The molecule has 144 valence electrons. The van der Waals surface area contributed by atoms with Crippen LogP contribution < -0.4 is 15.4 Å². The van der Waals surface area contributed by atoms with E-state index >= 15 is 0 Å². The zero-order valence-electron chi connectivity index (χ0n) is 15.3. The normalized spacial score (nSPS) is 10.9. The number of sulfonamides is 1. The molecule has 3 N–H and O–H groups in total. The van der Waals surface area contributed by atoms with Gasteiger partial charge < -0.3 is 10.6 Å². The molecule has 0 aliphatic rings. The number of anilines is 2. The summed E-state index contributed by atoms with van der Waals surface area (Å²) in [6, 6.07) is 12.1. The van der Waals surface area contributed by atoms with Crippen molar-refractivity contribution in [3.05, 3.63) is 54.1 Å². The highest BCUT2D eigenvalue weighted by Gasteiger charge is 2.15. The molecule has 0 aliphatic carbocycles. The first-order valence-electron chi connectivity index (χ1n) is 8.60. The fourth-order valence-electron chi connectivity index (χ4n) is 2.34. The number of rotatable bonds is 8. The highest BCUT2D eigenvalue weighted by Crippen LogP contribution is 2.20. The number of unbranched alkanes of at least 4 members (excludes halogenated alkanes) is 1. The van der Waals surface area contributed by atoms with Crippen LogP contribution in [0, 0.1) is 0 Å². The van der Waals surface area contributed by atoms with Crippen molar-refractivity contribution in [2.75, 3.05) is 16.6 Å². The van der Waals surface area contributed by atoms with Crippen molar-refractivity contribution < 1.29 is 18.0 Å². The van der Waals surface area contributed by atoms with Gasteiger partial charge >= 0.3 is 0 Å². The van der Waals surface area contributed by atoms with E-state index in [1.165, 1.54) is 37.3 Å². The summed E-state index contributed by atoms with van der Waals surface area (Å²) in [5.41, 5.74) is 1.21. The van der Waals surface area contributed by atoms with E-state index in [9.17, 15) is 18.0 Å². The molecule has 2 amide bonds. The maximum Gasteiger partial charge on any atom is 0.261 e. The Morgan fingerprint density at radius 2 is 1.67 bits per heavy atom. The third-order valence-corrected chi connectivity index (χ3v) is 5.08. The molecule has 2 rings (SSSR count). The van der Waals surface area contributed by atoms with Gasteiger partial charge in [0.25, 0.3) is 15.9 Å². The van der Waals surface area contributed by atoms with E-state index in [0.717, 1.165) is 12.8 Å². The highest BCUT2D eigenvalue weighted by atomic mass is 32.2. The topological polar surface area (TPSA) is 104 Å². The molecular formula is C19H23N3O4S. The van der Waals surface area contributed by atoms with E-state index in [2.05, 4.69) is 15.4 Å². The number of hydrogen-bond donors (Lipinski definition) is 3. The lowest BCUT2D eigenvalue weighted by atomic mass is 10.2. The Morgan fingerprint density at radius 3 is 2.30 bits per heavy atom. The molecule has 0 unspecified atom stereocenters. The van der Waals surface area contributed by atoms with E-state index in [4.69, 9.17) is 0 Å². The molecule has 0 saturated heterocycles. The Morgan fingerprint density at radius 1 is 1.00 bits per heavy atom. The second kappa shape index (κ2) is 9.18. The van der Waals surface area contributed by atoms with Crippen molar-refractivity contribution in [3.63, 3.8) is 0 Å². The van der Waals surface area contributed by atoms with Crippen LogP contribution in [0.2, 0.25) is 0 Å². The summed E-state index contributed by atoms with van der Waals surface area (Å²) < 4.78 is 27.5. The molecule has 0 atom stereocenters. The summed E-state index contributed by atoms with van der Waals surface area (Å²) in [5.74, 6) is -0.480. The van der Waals surface area contributed by atoms with Crippen molar-refractivity contribution in [1.29, 1.82) is 0 Å². The van der Waals surface area contributed by atoms with Gasteiger partial charge in [-0.2, -0.15) is 0 Å². The Bertz CT molecular complexity index is 909. The van der Waals surface area contributed by atoms with Gasteiger partial charge in [0.2, 0.25) is 5.91 Å². The Hall–Kier alpha value is -2.87. The van der Waals surface area contributed by atoms with Gasteiger partial charge in [-0.25, -0.2) is 8.42 Å². The molecule has 0 fully saturated rings. The van der Waals surface area contributed by atoms with Gasteiger partial charge in [-0.05, 0) is 48.9 Å². The van der Waals surface area contributed by atoms with E-state index in [1.807, 2.05) is 6.92 Å². The first-order chi connectivity index (χ1) is 12.8.